The van der Waals surface area contributed by atoms with Crippen molar-refractivity contribution in [3.8, 4) is 11.3 Å². The Labute approximate surface area is 116 Å². The Morgan fingerprint density at radius 1 is 1.30 bits per heavy atom. The van der Waals surface area contributed by atoms with Gasteiger partial charge in [0.25, 0.3) is 0 Å². The van der Waals surface area contributed by atoms with Crippen molar-refractivity contribution in [1.82, 2.24) is 20.4 Å². The molecule has 1 heterocycles. The summed E-state index contributed by atoms with van der Waals surface area (Å²) in [6.07, 6.45) is 1.71. The molecule has 0 radical (unpaired) electrons. The Morgan fingerprint density at radius 2 is 2.10 bits per heavy atom. The van der Waals surface area contributed by atoms with Crippen molar-refractivity contribution in [2.75, 3.05) is 27.2 Å². The zero-order valence-electron chi connectivity index (χ0n) is 11.6. The fourth-order valence-corrected chi connectivity index (χ4v) is 2.01. The average Bonchev–Trinajstić information content (AvgIpc) is 2.87. The number of hydrogen-bond donors (Lipinski definition) is 2. The molecule has 1 aromatic carbocycles. The molecule has 108 valence electrons. The molecule has 1 aromatic heterocycles. The molecule has 0 aliphatic heterocycles. The summed E-state index contributed by atoms with van der Waals surface area (Å²) >= 11 is 0. The monoisotopic (exact) mass is 280 g/mol. The standard InChI is InChI=1S/C14H18F2N4/c1-17-5-6-20(2)9-11-8-18-19-14(11)10-3-4-12(15)13(16)7-10/h3-4,7-8,17H,5-6,9H2,1-2H3,(H,18,19). The highest BCUT2D eigenvalue weighted by Crippen LogP contribution is 2.23. The predicted molar refractivity (Wildman–Crippen MR) is 74.2 cm³/mol. The van der Waals surface area contributed by atoms with Crippen LogP contribution in [0.15, 0.2) is 24.4 Å². The Balaban J connectivity index is 2.17. The summed E-state index contributed by atoms with van der Waals surface area (Å²) in [7, 11) is 3.90. The van der Waals surface area contributed by atoms with Crippen LogP contribution in [-0.4, -0.2) is 42.3 Å². The van der Waals surface area contributed by atoms with E-state index in [1.807, 2.05) is 14.1 Å². The summed E-state index contributed by atoms with van der Waals surface area (Å²) in [5.74, 6) is -1.70. The minimum atomic E-state index is -0.855. The maximum Gasteiger partial charge on any atom is 0.159 e. The van der Waals surface area contributed by atoms with Gasteiger partial charge < -0.3 is 10.2 Å². The quantitative estimate of drug-likeness (QED) is 0.850. The zero-order chi connectivity index (χ0) is 14.5. The molecule has 2 N–H and O–H groups in total. The van der Waals surface area contributed by atoms with E-state index in [4.69, 9.17) is 0 Å². The second kappa shape index (κ2) is 6.58. The Morgan fingerprint density at radius 3 is 2.80 bits per heavy atom. The second-order valence-electron chi connectivity index (χ2n) is 4.74. The van der Waals surface area contributed by atoms with Gasteiger partial charge in [-0.05, 0) is 32.3 Å². The summed E-state index contributed by atoms with van der Waals surface area (Å²) in [6, 6.07) is 3.85. The van der Waals surface area contributed by atoms with E-state index in [2.05, 4.69) is 20.4 Å². The van der Waals surface area contributed by atoms with Crippen LogP contribution >= 0.6 is 0 Å². The van der Waals surface area contributed by atoms with E-state index >= 15 is 0 Å². The molecule has 0 fully saturated rings. The van der Waals surface area contributed by atoms with Gasteiger partial charge in [0.15, 0.2) is 11.6 Å². The fourth-order valence-electron chi connectivity index (χ4n) is 2.01. The molecule has 2 aromatic rings. The van der Waals surface area contributed by atoms with Crippen LogP contribution in [-0.2, 0) is 6.54 Å². The fraction of sp³-hybridized carbons (Fsp3) is 0.357. The molecule has 4 nitrogen and oxygen atoms in total. The van der Waals surface area contributed by atoms with Gasteiger partial charge in [-0.1, -0.05) is 0 Å². The van der Waals surface area contributed by atoms with Gasteiger partial charge in [-0.15, -0.1) is 0 Å². The maximum atomic E-state index is 13.3. The highest BCUT2D eigenvalue weighted by molar-refractivity contribution is 5.62. The van der Waals surface area contributed by atoms with Crippen molar-refractivity contribution in [1.29, 1.82) is 0 Å². The van der Waals surface area contributed by atoms with Crippen LogP contribution in [0.5, 0.6) is 0 Å². The van der Waals surface area contributed by atoms with Gasteiger partial charge in [-0.2, -0.15) is 5.10 Å². The van der Waals surface area contributed by atoms with Crippen molar-refractivity contribution in [2.24, 2.45) is 0 Å². The van der Waals surface area contributed by atoms with Crippen LogP contribution in [0.2, 0.25) is 0 Å². The number of hydrogen-bond acceptors (Lipinski definition) is 3. The summed E-state index contributed by atoms with van der Waals surface area (Å²) in [6.45, 7) is 2.46. The largest absolute Gasteiger partial charge is 0.318 e. The number of H-pyrrole nitrogens is 1. The van der Waals surface area contributed by atoms with E-state index in [1.54, 1.807) is 12.3 Å². The van der Waals surface area contributed by atoms with E-state index in [0.29, 0.717) is 12.1 Å². The van der Waals surface area contributed by atoms with Crippen LogP contribution in [0.3, 0.4) is 0 Å². The van der Waals surface area contributed by atoms with E-state index < -0.39 is 11.6 Å². The highest BCUT2D eigenvalue weighted by atomic mass is 19.2. The minimum absolute atomic E-state index is 0.596. The van der Waals surface area contributed by atoms with Crippen LogP contribution < -0.4 is 5.32 Å². The topological polar surface area (TPSA) is 44.0 Å². The lowest BCUT2D eigenvalue weighted by atomic mass is 10.1. The summed E-state index contributed by atoms with van der Waals surface area (Å²) < 4.78 is 26.3. The van der Waals surface area contributed by atoms with Crippen molar-refractivity contribution in [3.05, 3.63) is 41.6 Å². The lowest BCUT2D eigenvalue weighted by Gasteiger charge is -2.16. The van der Waals surface area contributed by atoms with E-state index in [1.165, 1.54) is 6.07 Å². The van der Waals surface area contributed by atoms with Crippen LogP contribution in [0.1, 0.15) is 5.56 Å². The van der Waals surface area contributed by atoms with Gasteiger partial charge in [-0.25, -0.2) is 8.78 Å². The first-order valence-corrected chi connectivity index (χ1v) is 6.42. The molecule has 6 heteroatoms. The SMILES string of the molecule is CNCCN(C)Cc1cn[nH]c1-c1ccc(F)c(F)c1. The van der Waals surface area contributed by atoms with Crippen LogP contribution in [0.4, 0.5) is 8.78 Å². The van der Waals surface area contributed by atoms with Crippen molar-refractivity contribution in [3.63, 3.8) is 0 Å². The minimum Gasteiger partial charge on any atom is -0.318 e. The molecule has 20 heavy (non-hydrogen) atoms. The summed E-state index contributed by atoms with van der Waals surface area (Å²) in [4.78, 5) is 2.13. The molecule has 0 aliphatic carbocycles. The number of nitrogens with zero attached hydrogens (tertiary/aromatic N) is 2. The smallest absolute Gasteiger partial charge is 0.159 e. The third kappa shape index (κ3) is 3.40. The Kier molecular flexibility index (Phi) is 4.81. The van der Waals surface area contributed by atoms with Gasteiger partial charge in [0.2, 0.25) is 0 Å². The molecular weight excluding hydrogens is 262 g/mol. The first-order chi connectivity index (χ1) is 9.61. The van der Waals surface area contributed by atoms with Gasteiger partial charge in [0.1, 0.15) is 0 Å². The molecule has 0 spiro atoms. The number of aromatic amines is 1. The summed E-state index contributed by atoms with van der Waals surface area (Å²) in [5.41, 5.74) is 2.27. The van der Waals surface area contributed by atoms with E-state index in [-0.39, 0.29) is 0 Å². The van der Waals surface area contributed by atoms with E-state index in [0.717, 1.165) is 30.4 Å². The van der Waals surface area contributed by atoms with Crippen LogP contribution in [0.25, 0.3) is 11.3 Å². The molecule has 2 rings (SSSR count). The zero-order valence-corrected chi connectivity index (χ0v) is 11.6. The molecule has 0 aliphatic rings. The molecule has 0 unspecified atom stereocenters. The van der Waals surface area contributed by atoms with E-state index in [9.17, 15) is 8.78 Å². The lowest BCUT2D eigenvalue weighted by Crippen LogP contribution is -2.26. The third-order valence-electron chi connectivity index (χ3n) is 3.11. The first kappa shape index (κ1) is 14.6. The number of nitrogens with one attached hydrogen (secondary N) is 2. The number of benzene rings is 1. The summed E-state index contributed by atoms with van der Waals surface area (Å²) in [5, 5.41) is 9.93. The number of likely N-dealkylation sites (N-methyl/N-ethyl adjacent to an activating group) is 2. The Bertz CT molecular complexity index is 568. The first-order valence-electron chi connectivity index (χ1n) is 6.42. The van der Waals surface area contributed by atoms with Crippen molar-refractivity contribution >= 4 is 0 Å². The lowest BCUT2D eigenvalue weighted by molar-refractivity contribution is 0.328. The molecular formula is C14H18F2N4. The van der Waals surface area contributed by atoms with Crippen molar-refractivity contribution in [2.45, 2.75) is 6.54 Å². The molecule has 0 bridgehead atoms. The Hall–Kier alpha value is -1.79. The molecule has 0 saturated heterocycles. The third-order valence-corrected chi connectivity index (χ3v) is 3.11. The molecule has 0 amide bonds. The van der Waals surface area contributed by atoms with Gasteiger partial charge in [0.05, 0.1) is 11.9 Å². The highest BCUT2D eigenvalue weighted by Gasteiger charge is 2.12. The van der Waals surface area contributed by atoms with Gasteiger partial charge >= 0.3 is 0 Å². The maximum absolute atomic E-state index is 13.3. The average molecular weight is 280 g/mol. The number of halogens is 2. The molecule has 0 saturated carbocycles. The normalized spacial score (nSPS) is 11.2. The number of rotatable bonds is 6. The van der Waals surface area contributed by atoms with Crippen LogP contribution in [0, 0.1) is 11.6 Å². The second-order valence-corrected chi connectivity index (χ2v) is 4.74. The number of aromatic nitrogens is 2. The molecule has 0 atom stereocenters. The van der Waals surface area contributed by atoms with Gasteiger partial charge in [-0.3, -0.25) is 5.10 Å². The van der Waals surface area contributed by atoms with Crippen molar-refractivity contribution < 1.29 is 8.78 Å². The predicted octanol–water partition coefficient (Wildman–Crippen LogP) is 2.01. The van der Waals surface area contributed by atoms with Gasteiger partial charge in [0, 0.05) is 30.8 Å².